The van der Waals surface area contributed by atoms with Crippen LogP contribution in [0.1, 0.15) is 27.6 Å². The van der Waals surface area contributed by atoms with Crippen LogP contribution in [-0.2, 0) is 0 Å². The summed E-state index contributed by atoms with van der Waals surface area (Å²) < 4.78 is 13.3. The Kier molecular flexibility index (Phi) is 5.71. The van der Waals surface area contributed by atoms with E-state index in [1.807, 2.05) is 0 Å². The maximum Gasteiger partial charge on any atom is 0.337 e. The second kappa shape index (κ2) is 8.18. The third-order valence-corrected chi connectivity index (χ3v) is 4.75. The molecule has 7 heteroatoms. The van der Waals surface area contributed by atoms with Gasteiger partial charge in [0.25, 0.3) is 5.91 Å². The number of nitrogens with zero attached hydrogens (tertiary/aromatic N) is 2. The Morgan fingerprint density at radius 3 is 2.48 bits per heavy atom. The van der Waals surface area contributed by atoms with E-state index in [-0.39, 0.29) is 16.8 Å². The summed E-state index contributed by atoms with van der Waals surface area (Å²) in [6.45, 7) is 6.62. The topological polar surface area (TPSA) is 72.9 Å². The van der Waals surface area contributed by atoms with Crippen LogP contribution in [0.15, 0.2) is 42.5 Å². The number of halogens is 1. The van der Waals surface area contributed by atoms with Gasteiger partial charge in [0.1, 0.15) is 5.82 Å². The molecule has 1 heterocycles. The van der Waals surface area contributed by atoms with E-state index >= 15 is 0 Å². The lowest BCUT2D eigenvalue weighted by Gasteiger charge is -2.35. The summed E-state index contributed by atoms with van der Waals surface area (Å²) in [6.07, 6.45) is 0. The minimum atomic E-state index is -1.13. The number of carboxylic acid groups (broad SMARTS) is 1. The summed E-state index contributed by atoms with van der Waals surface area (Å²) in [7, 11) is 0. The molecule has 0 atom stereocenters. The number of anilines is 2. The van der Waals surface area contributed by atoms with E-state index in [2.05, 4.69) is 22.0 Å². The lowest BCUT2D eigenvalue weighted by molar-refractivity contribution is 0.0698. The van der Waals surface area contributed by atoms with E-state index in [9.17, 15) is 19.1 Å². The molecular weight excluding hydrogens is 349 g/mol. The largest absolute Gasteiger partial charge is 0.478 e. The molecule has 2 N–H and O–H groups in total. The maximum absolute atomic E-state index is 13.3. The molecule has 0 bridgehead atoms. The summed E-state index contributed by atoms with van der Waals surface area (Å²) in [5, 5.41) is 12.1. The van der Waals surface area contributed by atoms with Gasteiger partial charge in [0, 0.05) is 37.4 Å². The van der Waals surface area contributed by atoms with Crippen molar-refractivity contribution in [3.8, 4) is 0 Å². The molecule has 0 spiro atoms. The summed E-state index contributed by atoms with van der Waals surface area (Å²) >= 11 is 0. The summed E-state index contributed by atoms with van der Waals surface area (Å²) in [6, 6.07) is 10.2. The van der Waals surface area contributed by atoms with Gasteiger partial charge >= 0.3 is 5.97 Å². The molecule has 0 radical (unpaired) electrons. The Bertz CT molecular complexity index is 848. The number of benzene rings is 2. The van der Waals surface area contributed by atoms with Gasteiger partial charge in [-0.3, -0.25) is 4.79 Å². The number of piperazine rings is 1. The highest BCUT2D eigenvalue weighted by Crippen LogP contribution is 2.25. The van der Waals surface area contributed by atoms with Crippen LogP contribution in [0.25, 0.3) is 0 Å². The molecule has 1 fully saturated rings. The lowest BCUT2D eigenvalue weighted by Crippen LogP contribution is -2.46. The predicted octanol–water partition coefficient (Wildman–Crippen LogP) is 2.92. The molecular formula is C20H22FN3O3. The lowest BCUT2D eigenvalue weighted by atomic mass is 10.1. The number of rotatable bonds is 5. The molecule has 0 saturated carbocycles. The van der Waals surface area contributed by atoms with E-state index in [4.69, 9.17) is 0 Å². The number of carbonyl (C=O) groups is 2. The SMILES string of the molecule is CCN1CCN(c2ccc(NC(=O)c3cccc(F)c3)c(C(=O)O)c2)CC1. The van der Waals surface area contributed by atoms with Gasteiger partial charge in [0.2, 0.25) is 0 Å². The molecule has 1 aliphatic rings. The fourth-order valence-electron chi connectivity index (χ4n) is 3.16. The molecule has 142 valence electrons. The number of carbonyl (C=O) groups excluding carboxylic acids is 1. The van der Waals surface area contributed by atoms with Crippen LogP contribution >= 0.6 is 0 Å². The standard InChI is InChI=1S/C20H22FN3O3/c1-2-23-8-10-24(11-9-23)16-6-7-18(17(13-16)20(26)27)22-19(25)14-4-3-5-15(21)12-14/h3-7,12-13H,2,8-11H2,1H3,(H,22,25)(H,26,27). The molecule has 6 nitrogen and oxygen atoms in total. The highest BCUT2D eigenvalue weighted by atomic mass is 19.1. The number of nitrogens with one attached hydrogen (secondary N) is 1. The van der Waals surface area contributed by atoms with Crippen LogP contribution in [0.5, 0.6) is 0 Å². The average Bonchev–Trinajstić information content (AvgIpc) is 2.68. The first kappa shape index (κ1) is 18.8. The predicted molar refractivity (Wildman–Crippen MR) is 102 cm³/mol. The van der Waals surface area contributed by atoms with E-state index < -0.39 is 17.7 Å². The summed E-state index contributed by atoms with van der Waals surface area (Å²) in [5.74, 6) is -2.21. The highest BCUT2D eigenvalue weighted by molar-refractivity contribution is 6.08. The van der Waals surface area contributed by atoms with Crippen molar-refractivity contribution in [3.63, 3.8) is 0 Å². The van der Waals surface area contributed by atoms with Gasteiger partial charge in [-0.05, 0) is 42.9 Å². The van der Waals surface area contributed by atoms with Gasteiger partial charge in [-0.15, -0.1) is 0 Å². The first-order chi connectivity index (χ1) is 13.0. The number of likely N-dealkylation sites (N-methyl/N-ethyl adjacent to an activating group) is 1. The van der Waals surface area contributed by atoms with Crippen molar-refractivity contribution in [1.82, 2.24) is 4.90 Å². The van der Waals surface area contributed by atoms with Crippen molar-refractivity contribution >= 4 is 23.3 Å². The van der Waals surface area contributed by atoms with Crippen molar-refractivity contribution in [2.24, 2.45) is 0 Å². The van der Waals surface area contributed by atoms with E-state index in [1.54, 1.807) is 18.2 Å². The quantitative estimate of drug-likeness (QED) is 0.846. The molecule has 0 unspecified atom stereocenters. The molecule has 1 aliphatic heterocycles. The van der Waals surface area contributed by atoms with Crippen LogP contribution in [0.4, 0.5) is 15.8 Å². The Morgan fingerprint density at radius 2 is 1.85 bits per heavy atom. The van der Waals surface area contributed by atoms with Gasteiger partial charge in [-0.2, -0.15) is 0 Å². The fraction of sp³-hybridized carbons (Fsp3) is 0.300. The molecule has 0 aromatic heterocycles. The van der Waals surface area contributed by atoms with Crippen molar-refractivity contribution < 1.29 is 19.1 Å². The number of hydrogen-bond donors (Lipinski definition) is 2. The second-order valence-corrected chi connectivity index (χ2v) is 6.42. The minimum Gasteiger partial charge on any atom is -0.478 e. The van der Waals surface area contributed by atoms with Crippen LogP contribution in [0, 0.1) is 5.82 Å². The van der Waals surface area contributed by atoms with Crippen LogP contribution in [-0.4, -0.2) is 54.6 Å². The first-order valence-corrected chi connectivity index (χ1v) is 8.89. The molecule has 0 aliphatic carbocycles. The van der Waals surface area contributed by atoms with Gasteiger partial charge in [-0.25, -0.2) is 9.18 Å². The molecule has 2 aromatic rings. The van der Waals surface area contributed by atoms with Gasteiger partial charge in [0.05, 0.1) is 11.3 Å². The number of hydrogen-bond acceptors (Lipinski definition) is 4. The molecule has 1 saturated heterocycles. The number of aromatic carboxylic acids is 1. The molecule has 3 rings (SSSR count). The van der Waals surface area contributed by atoms with Crippen molar-refractivity contribution in [2.75, 3.05) is 42.9 Å². The summed E-state index contributed by atoms with van der Waals surface area (Å²) in [5.41, 5.74) is 1.14. The second-order valence-electron chi connectivity index (χ2n) is 6.42. The Balaban J connectivity index is 1.80. The van der Waals surface area contributed by atoms with Crippen molar-refractivity contribution in [3.05, 3.63) is 59.4 Å². The first-order valence-electron chi connectivity index (χ1n) is 8.89. The van der Waals surface area contributed by atoms with Crippen LogP contribution in [0.2, 0.25) is 0 Å². The van der Waals surface area contributed by atoms with Gasteiger partial charge in [-0.1, -0.05) is 13.0 Å². The number of carboxylic acids is 1. The Morgan fingerprint density at radius 1 is 1.11 bits per heavy atom. The fourth-order valence-corrected chi connectivity index (χ4v) is 3.16. The van der Waals surface area contributed by atoms with E-state index in [0.29, 0.717) is 0 Å². The zero-order valence-electron chi connectivity index (χ0n) is 15.1. The number of amides is 1. The van der Waals surface area contributed by atoms with Crippen molar-refractivity contribution in [2.45, 2.75) is 6.92 Å². The Hall–Kier alpha value is -2.93. The van der Waals surface area contributed by atoms with Gasteiger partial charge < -0.3 is 20.2 Å². The molecule has 27 heavy (non-hydrogen) atoms. The van der Waals surface area contributed by atoms with Crippen LogP contribution < -0.4 is 10.2 Å². The van der Waals surface area contributed by atoms with Gasteiger partial charge in [0.15, 0.2) is 0 Å². The Labute approximate surface area is 157 Å². The van der Waals surface area contributed by atoms with Crippen molar-refractivity contribution in [1.29, 1.82) is 0 Å². The zero-order valence-corrected chi connectivity index (χ0v) is 15.1. The monoisotopic (exact) mass is 371 g/mol. The normalized spacial score (nSPS) is 14.8. The summed E-state index contributed by atoms with van der Waals surface area (Å²) in [4.78, 5) is 28.5. The highest BCUT2D eigenvalue weighted by Gasteiger charge is 2.20. The zero-order chi connectivity index (χ0) is 19.4. The average molecular weight is 371 g/mol. The van der Waals surface area contributed by atoms with E-state index in [1.165, 1.54) is 18.2 Å². The van der Waals surface area contributed by atoms with Crippen LogP contribution in [0.3, 0.4) is 0 Å². The minimum absolute atomic E-state index is 0.00942. The smallest absolute Gasteiger partial charge is 0.337 e. The molecule has 1 amide bonds. The molecule has 2 aromatic carbocycles. The maximum atomic E-state index is 13.3. The third kappa shape index (κ3) is 4.43. The third-order valence-electron chi connectivity index (χ3n) is 4.75. The van der Waals surface area contributed by atoms with E-state index in [0.717, 1.165) is 44.5 Å².